The maximum Gasteiger partial charge on any atom is 0.147 e. The Morgan fingerprint density at radius 2 is 2.04 bits per heavy atom. The quantitative estimate of drug-likeness (QED) is 0.521. The number of aromatic nitrogens is 1. The fourth-order valence-electron chi connectivity index (χ4n) is 3.73. The Bertz CT molecular complexity index is 903. The van der Waals surface area contributed by atoms with Gasteiger partial charge < -0.3 is 19.9 Å². The highest BCUT2D eigenvalue weighted by Crippen LogP contribution is 2.33. The summed E-state index contributed by atoms with van der Waals surface area (Å²) in [5.74, 6) is 1.79. The molecule has 3 aromatic rings. The summed E-state index contributed by atoms with van der Waals surface area (Å²) >= 11 is 0. The lowest BCUT2D eigenvalue weighted by Gasteiger charge is -2.30. The molecular formula is C21H24FN3O2. The zero-order valence-electron chi connectivity index (χ0n) is 15.2. The molecule has 0 atom stereocenters. The molecular weight excluding hydrogens is 345 g/mol. The SMILES string of the molecule is Nc1cccc(OCCCN2CCC(c3onc4cc(F)ccc34)CC2)c1. The molecule has 0 amide bonds. The first kappa shape index (κ1) is 17.8. The summed E-state index contributed by atoms with van der Waals surface area (Å²) in [6, 6.07) is 12.2. The summed E-state index contributed by atoms with van der Waals surface area (Å²) in [5, 5.41) is 4.95. The normalized spacial score (nSPS) is 16.0. The predicted octanol–water partition coefficient (Wildman–Crippen LogP) is 4.20. The van der Waals surface area contributed by atoms with Crippen molar-refractivity contribution in [3.8, 4) is 5.75 Å². The van der Waals surface area contributed by atoms with Gasteiger partial charge in [0.2, 0.25) is 0 Å². The predicted molar refractivity (Wildman–Crippen MR) is 103 cm³/mol. The van der Waals surface area contributed by atoms with E-state index in [1.807, 2.05) is 24.3 Å². The summed E-state index contributed by atoms with van der Waals surface area (Å²) in [6.45, 7) is 3.73. The molecule has 0 spiro atoms. The van der Waals surface area contributed by atoms with Crippen molar-refractivity contribution in [3.05, 3.63) is 54.0 Å². The Morgan fingerprint density at radius 3 is 2.85 bits per heavy atom. The molecule has 2 aromatic carbocycles. The monoisotopic (exact) mass is 369 g/mol. The second-order valence-electron chi connectivity index (χ2n) is 7.10. The molecule has 1 aliphatic heterocycles. The van der Waals surface area contributed by atoms with Crippen molar-refractivity contribution in [3.63, 3.8) is 0 Å². The van der Waals surface area contributed by atoms with Gasteiger partial charge in [0.1, 0.15) is 22.8 Å². The molecule has 1 aromatic heterocycles. The lowest BCUT2D eigenvalue weighted by atomic mass is 9.92. The van der Waals surface area contributed by atoms with Crippen molar-refractivity contribution in [1.29, 1.82) is 0 Å². The molecule has 0 bridgehead atoms. The number of halogens is 1. The van der Waals surface area contributed by atoms with Gasteiger partial charge in [-0.25, -0.2) is 4.39 Å². The molecule has 1 aliphatic rings. The van der Waals surface area contributed by atoms with Crippen LogP contribution in [0, 0.1) is 5.82 Å². The number of hydrogen-bond donors (Lipinski definition) is 1. The Labute approximate surface area is 157 Å². The third kappa shape index (κ3) is 4.22. The van der Waals surface area contributed by atoms with Gasteiger partial charge >= 0.3 is 0 Å². The number of nitrogen functional groups attached to an aromatic ring is 1. The molecule has 142 valence electrons. The highest BCUT2D eigenvalue weighted by atomic mass is 19.1. The Morgan fingerprint density at radius 1 is 1.19 bits per heavy atom. The van der Waals surface area contributed by atoms with Crippen molar-refractivity contribution in [1.82, 2.24) is 10.1 Å². The van der Waals surface area contributed by atoms with E-state index in [-0.39, 0.29) is 5.82 Å². The minimum atomic E-state index is -0.280. The van der Waals surface area contributed by atoms with Gasteiger partial charge in [-0.1, -0.05) is 11.2 Å². The van der Waals surface area contributed by atoms with Crippen molar-refractivity contribution >= 4 is 16.6 Å². The molecule has 6 heteroatoms. The van der Waals surface area contributed by atoms with E-state index in [0.29, 0.717) is 18.0 Å². The molecule has 1 saturated heterocycles. The van der Waals surface area contributed by atoms with Gasteiger partial charge in [0.15, 0.2) is 0 Å². The lowest BCUT2D eigenvalue weighted by molar-refractivity contribution is 0.182. The van der Waals surface area contributed by atoms with Crippen LogP contribution in [0.25, 0.3) is 10.9 Å². The number of rotatable bonds is 6. The highest BCUT2D eigenvalue weighted by Gasteiger charge is 2.25. The number of piperidine rings is 1. The van der Waals surface area contributed by atoms with Crippen molar-refractivity contribution in [2.45, 2.75) is 25.2 Å². The van der Waals surface area contributed by atoms with Gasteiger partial charge in [-0.3, -0.25) is 0 Å². The van der Waals surface area contributed by atoms with Crippen LogP contribution in [0.5, 0.6) is 5.75 Å². The van der Waals surface area contributed by atoms with Gasteiger partial charge in [-0.15, -0.1) is 0 Å². The van der Waals surface area contributed by atoms with E-state index in [2.05, 4.69) is 10.1 Å². The molecule has 0 saturated carbocycles. The number of likely N-dealkylation sites (tertiary alicyclic amines) is 1. The van der Waals surface area contributed by atoms with Crippen molar-refractivity contribution < 1.29 is 13.7 Å². The van der Waals surface area contributed by atoms with Gasteiger partial charge in [0, 0.05) is 35.7 Å². The van der Waals surface area contributed by atoms with Crippen LogP contribution >= 0.6 is 0 Å². The number of anilines is 1. The van der Waals surface area contributed by atoms with E-state index in [0.717, 1.165) is 61.5 Å². The standard InChI is InChI=1S/C21H24FN3O2/c22-16-5-6-19-20(13-16)24-27-21(19)15-7-10-25(11-8-15)9-2-12-26-18-4-1-3-17(23)14-18/h1,3-6,13-15H,2,7-12,23H2. The van der Waals surface area contributed by atoms with Crippen LogP contribution in [-0.4, -0.2) is 36.3 Å². The number of nitrogens with two attached hydrogens (primary N) is 1. The topological polar surface area (TPSA) is 64.5 Å². The highest BCUT2D eigenvalue weighted by molar-refractivity contribution is 5.80. The largest absolute Gasteiger partial charge is 0.493 e. The number of ether oxygens (including phenoxy) is 1. The fraction of sp³-hybridized carbons (Fsp3) is 0.381. The minimum absolute atomic E-state index is 0.280. The van der Waals surface area contributed by atoms with Gasteiger partial charge in [-0.05, 0) is 56.6 Å². The number of benzene rings is 2. The number of nitrogens with zero attached hydrogens (tertiary/aromatic N) is 2. The summed E-state index contributed by atoms with van der Waals surface area (Å²) < 4.78 is 24.6. The number of fused-ring (bicyclic) bond motifs is 1. The van der Waals surface area contributed by atoms with Crippen LogP contribution in [0.1, 0.15) is 30.9 Å². The molecule has 0 radical (unpaired) electrons. The third-order valence-electron chi connectivity index (χ3n) is 5.17. The first-order chi connectivity index (χ1) is 13.2. The van der Waals surface area contributed by atoms with Crippen LogP contribution < -0.4 is 10.5 Å². The number of hydrogen-bond acceptors (Lipinski definition) is 5. The molecule has 27 heavy (non-hydrogen) atoms. The molecule has 1 fully saturated rings. The summed E-state index contributed by atoms with van der Waals surface area (Å²) in [6.07, 6.45) is 3.03. The van der Waals surface area contributed by atoms with E-state index in [1.165, 1.54) is 12.1 Å². The fourth-order valence-corrected chi connectivity index (χ4v) is 3.73. The first-order valence-electron chi connectivity index (χ1n) is 9.44. The molecule has 5 nitrogen and oxygen atoms in total. The third-order valence-corrected chi connectivity index (χ3v) is 5.17. The van der Waals surface area contributed by atoms with E-state index in [1.54, 1.807) is 6.07 Å². The van der Waals surface area contributed by atoms with Crippen LogP contribution in [0.2, 0.25) is 0 Å². The summed E-state index contributed by atoms with van der Waals surface area (Å²) in [5.41, 5.74) is 7.08. The molecule has 4 rings (SSSR count). The van der Waals surface area contributed by atoms with E-state index in [4.69, 9.17) is 15.0 Å². The van der Waals surface area contributed by atoms with Gasteiger partial charge in [0.05, 0.1) is 6.61 Å². The zero-order valence-corrected chi connectivity index (χ0v) is 15.2. The Hall–Kier alpha value is -2.60. The maximum atomic E-state index is 13.3. The smallest absolute Gasteiger partial charge is 0.147 e. The minimum Gasteiger partial charge on any atom is -0.493 e. The van der Waals surface area contributed by atoms with Gasteiger partial charge in [-0.2, -0.15) is 0 Å². The van der Waals surface area contributed by atoms with Crippen molar-refractivity contribution in [2.24, 2.45) is 0 Å². The maximum absolute atomic E-state index is 13.3. The molecule has 2 heterocycles. The molecule has 0 unspecified atom stereocenters. The molecule has 0 aliphatic carbocycles. The summed E-state index contributed by atoms with van der Waals surface area (Å²) in [7, 11) is 0. The van der Waals surface area contributed by atoms with Crippen LogP contribution in [-0.2, 0) is 0 Å². The molecule has 2 N–H and O–H groups in total. The van der Waals surface area contributed by atoms with Gasteiger partial charge in [0.25, 0.3) is 0 Å². The van der Waals surface area contributed by atoms with Crippen LogP contribution in [0.4, 0.5) is 10.1 Å². The second kappa shape index (κ2) is 7.96. The summed E-state index contributed by atoms with van der Waals surface area (Å²) in [4.78, 5) is 2.46. The van der Waals surface area contributed by atoms with Crippen LogP contribution in [0.15, 0.2) is 47.0 Å². The Kier molecular flexibility index (Phi) is 5.25. The zero-order chi connectivity index (χ0) is 18.6. The lowest BCUT2D eigenvalue weighted by Crippen LogP contribution is -2.34. The van der Waals surface area contributed by atoms with E-state index >= 15 is 0 Å². The first-order valence-corrected chi connectivity index (χ1v) is 9.44. The Balaban J connectivity index is 1.24. The van der Waals surface area contributed by atoms with E-state index in [9.17, 15) is 4.39 Å². The van der Waals surface area contributed by atoms with E-state index < -0.39 is 0 Å². The second-order valence-corrected chi connectivity index (χ2v) is 7.10. The average molecular weight is 369 g/mol. The van der Waals surface area contributed by atoms with Crippen molar-refractivity contribution in [2.75, 3.05) is 32.0 Å². The van der Waals surface area contributed by atoms with Crippen LogP contribution in [0.3, 0.4) is 0 Å². The average Bonchev–Trinajstić information content (AvgIpc) is 3.09.